The molecule has 0 aliphatic rings. The highest BCUT2D eigenvalue weighted by atomic mass is 19.1. The molecule has 7 heteroatoms. The van der Waals surface area contributed by atoms with Crippen molar-refractivity contribution in [3.05, 3.63) is 29.8 Å². The maximum atomic E-state index is 13.3. The number of carbonyl (C=O) groups excluding carboxylic acids is 1. The molecular formula is C11H12F2N2O3. The summed E-state index contributed by atoms with van der Waals surface area (Å²) in [5.41, 5.74) is 4.76. The summed E-state index contributed by atoms with van der Waals surface area (Å²) in [5, 5.41) is 11.3. The van der Waals surface area contributed by atoms with E-state index < -0.39 is 29.6 Å². The SMILES string of the molecule is NC(=O)CC[C@H](Nc1ccc(F)cc1F)C(=O)O. The number of anilines is 1. The van der Waals surface area contributed by atoms with Gasteiger partial charge in [-0.25, -0.2) is 13.6 Å². The normalized spacial score (nSPS) is 11.9. The number of hydrogen-bond donors (Lipinski definition) is 3. The highest BCUT2D eigenvalue weighted by Crippen LogP contribution is 2.17. The summed E-state index contributed by atoms with van der Waals surface area (Å²) in [7, 11) is 0. The quantitative estimate of drug-likeness (QED) is 0.712. The van der Waals surface area contributed by atoms with Gasteiger partial charge in [0.15, 0.2) is 0 Å². The number of nitrogens with one attached hydrogen (secondary N) is 1. The molecule has 0 saturated carbocycles. The molecule has 0 spiro atoms. The summed E-state index contributed by atoms with van der Waals surface area (Å²) in [6, 6.07) is 1.55. The number of rotatable bonds is 6. The Balaban J connectivity index is 2.76. The molecule has 0 saturated heterocycles. The summed E-state index contributed by atoms with van der Waals surface area (Å²) in [6.07, 6.45) is -0.228. The Bertz CT molecular complexity index is 466. The van der Waals surface area contributed by atoms with Crippen molar-refractivity contribution >= 4 is 17.6 Å². The Morgan fingerprint density at radius 2 is 2.06 bits per heavy atom. The standard InChI is InChI=1S/C11H12F2N2O3/c12-6-1-2-8(7(13)5-6)15-9(11(17)18)3-4-10(14)16/h1-2,5,9,15H,3-4H2,(H2,14,16)(H,17,18)/t9-/m0/s1. The van der Waals surface area contributed by atoms with Gasteiger partial charge < -0.3 is 16.2 Å². The van der Waals surface area contributed by atoms with E-state index in [-0.39, 0.29) is 18.5 Å². The number of halogens is 2. The van der Waals surface area contributed by atoms with Gasteiger partial charge in [0.05, 0.1) is 5.69 Å². The largest absolute Gasteiger partial charge is 0.480 e. The summed E-state index contributed by atoms with van der Waals surface area (Å²) in [5.74, 6) is -3.56. The Kier molecular flexibility index (Phi) is 4.59. The molecule has 1 aromatic rings. The zero-order valence-electron chi connectivity index (χ0n) is 9.32. The topological polar surface area (TPSA) is 92.4 Å². The minimum atomic E-state index is -1.25. The van der Waals surface area contributed by atoms with Gasteiger partial charge in [-0.3, -0.25) is 4.79 Å². The van der Waals surface area contributed by atoms with Crippen LogP contribution in [0, 0.1) is 11.6 Å². The Morgan fingerprint density at radius 1 is 1.39 bits per heavy atom. The van der Waals surface area contributed by atoms with Crippen LogP contribution in [0.15, 0.2) is 18.2 Å². The molecule has 0 unspecified atom stereocenters. The molecule has 0 aliphatic carbocycles. The van der Waals surface area contributed by atoms with Crippen LogP contribution >= 0.6 is 0 Å². The third kappa shape index (κ3) is 4.00. The van der Waals surface area contributed by atoms with E-state index in [1.165, 1.54) is 0 Å². The second-order valence-electron chi connectivity index (χ2n) is 3.66. The predicted molar refractivity (Wildman–Crippen MR) is 59.8 cm³/mol. The lowest BCUT2D eigenvalue weighted by Crippen LogP contribution is -2.31. The minimum Gasteiger partial charge on any atom is -0.480 e. The fourth-order valence-electron chi connectivity index (χ4n) is 1.34. The van der Waals surface area contributed by atoms with Gasteiger partial charge in [-0.05, 0) is 18.6 Å². The predicted octanol–water partition coefficient (Wildman–Crippen LogP) is 1.10. The highest BCUT2D eigenvalue weighted by molar-refractivity contribution is 5.79. The molecular weight excluding hydrogens is 246 g/mol. The smallest absolute Gasteiger partial charge is 0.326 e. The van der Waals surface area contributed by atoms with E-state index in [1.54, 1.807) is 0 Å². The fourth-order valence-corrected chi connectivity index (χ4v) is 1.34. The van der Waals surface area contributed by atoms with E-state index in [1.807, 2.05) is 0 Å². The van der Waals surface area contributed by atoms with E-state index in [9.17, 15) is 18.4 Å². The van der Waals surface area contributed by atoms with Crippen molar-refractivity contribution in [2.75, 3.05) is 5.32 Å². The van der Waals surface area contributed by atoms with Gasteiger partial charge in [0.25, 0.3) is 0 Å². The number of carbonyl (C=O) groups is 2. The molecule has 0 fully saturated rings. The first kappa shape index (κ1) is 13.9. The molecule has 0 aliphatic heterocycles. The second kappa shape index (κ2) is 5.95. The minimum absolute atomic E-state index is 0.0819. The molecule has 0 radical (unpaired) electrons. The van der Waals surface area contributed by atoms with Gasteiger partial charge in [0.2, 0.25) is 5.91 Å². The number of aliphatic carboxylic acids is 1. The van der Waals surface area contributed by atoms with E-state index in [4.69, 9.17) is 10.8 Å². The Labute approximate surface area is 102 Å². The average molecular weight is 258 g/mol. The third-order valence-corrected chi connectivity index (χ3v) is 2.24. The zero-order valence-corrected chi connectivity index (χ0v) is 9.32. The number of hydrogen-bond acceptors (Lipinski definition) is 3. The monoisotopic (exact) mass is 258 g/mol. The molecule has 98 valence electrons. The van der Waals surface area contributed by atoms with Crippen molar-refractivity contribution in [2.24, 2.45) is 5.73 Å². The first-order chi connectivity index (χ1) is 8.40. The first-order valence-electron chi connectivity index (χ1n) is 5.13. The lowest BCUT2D eigenvalue weighted by Gasteiger charge is -2.15. The van der Waals surface area contributed by atoms with Crippen molar-refractivity contribution in [1.82, 2.24) is 0 Å². The number of carboxylic acid groups (broad SMARTS) is 1. The Morgan fingerprint density at radius 3 is 2.56 bits per heavy atom. The van der Waals surface area contributed by atoms with E-state index in [2.05, 4.69) is 5.32 Å². The van der Waals surface area contributed by atoms with Crippen molar-refractivity contribution in [2.45, 2.75) is 18.9 Å². The van der Waals surface area contributed by atoms with Crippen LogP contribution in [0.2, 0.25) is 0 Å². The van der Waals surface area contributed by atoms with Crippen LogP contribution in [0.3, 0.4) is 0 Å². The Hall–Kier alpha value is -2.18. The zero-order chi connectivity index (χ0) is 13.7. The van der Waals surface area contributed by atoms with Gasteiger partial charge >= 0.3 is 5.97 Å². The van der Waals surface area contributed by atoms with Gasteiger partial charge in [-0.15, -0.1) is 0 Å². The molecule has 0 aromatic heterocycles. The molecule has 0 heterocycles. The lowest BCUT2D eigenvalue weighted by atomic mass is 10.1. The van der Waals surface area contributed by atoms with Gasteiger partial charge in [-0.2, -0.15) is 0 Å². The lowest BCUT2D eigenvalue weighted by molar-refractivity contribution is -0.138. The molecule has 18 heavy (non-hydrogen) atoms. The summed E-state index contributed by atoms with van der Waals surface area (Å²) in [6.45, 7) is 0. The number of nitrogens with two attached hydrogens (primary N) is 1. The third-order valence-electron chi connectivity index (χ3n) is 2.24. The maximum absolute atomic E-state index is 13.3. The number of amides is 1. The van der Waals surface area contributed by atoms with Crippen LogP contribution in [-0.4, -0.2) is 23.0 Å². The van der Waals surface area contributed by atoms with Crippen LogP contribution in [0.1, 0.15) is 12.8 Å². The molecule has 1 atom stereocenters. The fraction of sp³-hybridized carbons (Fsp3) is 0.273. The molecule has 1 amide bonds. The van der Waals surface area contributed by atoms with Crippen molar-refractivity contribution in [1.29, 1.82) is 0 Å². The molecule has 4 N–H and O–H groups in total. The van der Waals surface area contributed by atoms with Gasteiger partial charge in [0, 0.05) is 12.5 Å². The molecule has 0 bridgehead atoms. The van der Waals surface area contributed by atoms with E-state index in [0.717, 1.165) is 12.1 Å². The maximum Gasteiger partial charge on any atom is 0.326 e. The molecule has 1 aromatic carbocycles. The van der Waals surface area contributed by atoms with Crippen molar-refractivity contribution < 1.29 is 23.5 Å². The summed E-state index contributed by atoms with van der Waals surface area (Å²) in [4.78, 5) is 21.5. The van der Waals surface area contributed by atoms with Gasteiger partial charge in [0.1, 0.15) is 17.7 Å². The average Bonchev–Trinajstić information content (AvgIpc) is 2.26. The van der Waals surface area contributed by atoms with Crippen molar-refractivity contribution in [3.8, 4) is 0 Å². The summed E-state index contributed by atoms with van der Waals surface area (Å²) >= 11 is 0. The van der Waals surface area contributed by atoms with Crippen LogP contribution in [0.5, 0.6) is 0 Å². The van der Waals surface area contributed by atoms with Gasteiger partial charge in [-0.1, -0.05) is 0 Å². The number of primary amides is 1. The highest BCUT2D eigenvalue weighted by Gasteiger charge is 2.19. The molecule has 5 nitrogen and oxygen atoms in total. The van der Waals surface area contributed by atoms with E-state index in [0.29, 0.717) is 6.07 Å². The second-order valence-corrected chi connectivity index (χ2v) is 3.66. The number of carboxylic acids is 1. The van der Waals surface area contributed by atoms with Crippen LogP contribution in [0.25, 0.3) is 0 Å². The molecule has 1 rings (SSSR count). The van der Waals surface area contributed by atoms with Crippen LogP contribution < -0.4 is 11.1 Å². The van der Waals surface area contributed by atoms with Crippen LogP contribution in [-0.2, 0) is 9.59 Å². The first-order valence-corrected chi connectivity index (χ1v) is 5.13. The van der Waals surface area contributed by atoms with E-state index >= 15 is 0 Å². The summed E-state index contributed by atoms with van der Waals surface area (Å²) < 4.78 is 25.9. The number of benzene rings is 1. The van der Waals surface area contributed by atoms with Crippen molar-refractivity contribution in [3.63, 3.8) is 0 Å². The van der Waals surface area contributed by atoms with Crippen LogP contribution in [0.4, 0.5) is 14.5 Å².